The van der Waals surface area contributed by atoms with Gasteiger partial charge in [-0.15, -0.1) is 11.3 Å². The summed E-state index contributed by atoms with van der Waals surface area (Å²) in [5.41, 5.74) is 0. The van der Waals surface area contributed by atoms with Crippen LogP contribution in [0.3, 0.4) is 0 Å². The number of rotatable bonds is 3. The highest BCUT2D eigenvalue weighted by molar-refractivity contribution is 9.09. The maximum absolute atomic E-state index is 12.0. The largest absolute Gasteiger partial charge is 0.254 e. The van der Waals surface area contributed by atoms with Gasteiger partial charge in [0.05, 0.1) is 11.2 Å². The van der Waals surface area contributed by atoms with E-state index >= 15 is 0 Å². The van der Waals surface area contributed by atoms with E-state index in [4.69, 9.17) is 0 Å². The Bertz CT molecular complexity index is 451. The molecular formula is C8H11BrN2O2S2. The van der Waals surface area contributed by atoms with Gasteiger partial charge in [-0.3, -0.25) is 0 Å². The van der Waals surface area contributed by atoms with Crippen molar-refractivity contribution in [3.63, 3.8) is 0 Å². The van der Waals surface area contributed by atoms with Gasteiger partial charge in [0.1, 0.15) is 0 Å². The zero-order valence-electron chi connectivity index (χ0n) is 8.18. The first kappa shape index (κ1) is 11.5. The number of hydrogen-bond donors (Lipinski definition) is 0. The first-order valence-electron chi connectivity index (χ1n) is 4.52. The van der Waals surface area contributed by atoms with E-state index in [-0.39, 0.29) is 0 Å². The molecule has 0 unspecified atom stereocenters. The monoisotopic (exact) mass is 310 g/mol. The molecule has 1 aromatic heterocycles. The van der Waals surface area contributed by atoms with Crippen LogP contribution in [-0.2, 0) is 10.0 Å². The van der Waals surface area contributed by atoms with Gasteiger partial charge in [-0.05, 0) is 12.8 Å². The third-order valence-electron chi connectivity index (χ3n) is 2.34. The number of aromatic nitrogens is 1. The van der Waals surface area contributed by atoms with Crippen molar-refractivity contribution >= 4 is 37.3 Å². The number of hydrogen-bond acceptors (Lipinski definition) is 4. The van der Waals surface area contributed by atoms with E-state index < -0.39 is 10.0 Å². The average Bonchev–Trinajstić information content (AvgIpc) is 2.50. The van der Waals surface area contributed by atoms with Gasteiger partial charge in [-0.2, -0.15) is 4.31 Å². The Kier molecular flexibility index (Phi) is 3.16. The Balaban J connectivity index is 2.15. The van der Waals surface area contributed by atoms with E-state index in [0.29, 0.717) is 23.2 Å². The highest BCUT2D eigenvalue weighted by Crippen LogP contribution is 2.28. The molecule has 0 bridgehead atoms. The zero-order valence-corrected chi connectivity index (χ0v) is 11.4. The molecule has 2 rings (SSSR count). The molecular weight excluding hydrogens is 300 g/mol. The van der Waals surface area contributed by atoms with E-state index in [1.165, 1.54) is 21.8 Å². The van der Waals surface area contributed by atoms with E-state index in [2.05, 4.69) is 20.9 Å². The summed E-state index contributed by atoms with van der Waals surface area (Å²) in [6.07, 6.45) is 1.44. The molecule has 1 aliphatic heterocycles. The Morgan fingerprint density at radius 1 is 1.67 bits per heavy atom. The van der Waals surface area contributed by atoms with Gasteiger partial charge < -0.3 is 0 Å². The molecule has 15 heavy (non-hydrogen) atoms. The second-order valence-corrected chi connectivity index (χ2v) is 7.59. The minimum absolute atomic E-state index is 0.355. The van der Waals surface area contributed by atoms with Crippen molar-refractivity contribution < 1.29 is 8.42 Å². The van der Waals surface area contributed by atoms with Gasteiger partial charge in [-0.1, -0.05) is 15.9 Å². The molecule has 1 aliphatic rings. The number of nitrogens with zero attached hydrogens (tertiary/aromatic N) is 2. The lowest BCUT2D eigenvalue weighted by atomic mass is 10.1. The first-order valence-corrected chi connectivity index (χ1v) is 7.90. The molecule has 0 aliphatic carbocycles. The molecule has 0 amide bonds. The summed E-state index contributed by atoms with van der Waals surface area (Å²) in [6, 6.07) is 0. The molecule has 1 aromatic rings. The molecule has 1 saturated heterocycles. The second kappa shape index (κ2) is 4.12. The number of sulfonamides is 1. The minimum atomic E-state index is -3.26. The van der Waals surface area contributed by atoms with Crippen LogP contribution in [0.25, 0.3) is 0 Å². The summed E-state index contributed by atoms with van der Waals surface area (Å²) < 4.78 is 25.8. The van der Waals surface area contributed by atoms with Crippen LogP contribution in [0.15, 0.2) is 10.4 Å². The van der Waals surface area contributed by atoms with E-state index in [9.17, 15) is 8.42 Å². The van der Waals surface area contributed by atoms with Gasteiger partial charge in [-0.25, -0.2) is 13.4 Å². The summed E-state index contributed by atoms with van der Waals surface area (Å²) in [5, 5.41) is 1.65. The Morgan fingerprint density at radius 3 is 2.80 bits per heavy atom. The van der Waals surface area contributed by atoms with Crippen molar-refractivity contribution in [3.05, 3.63) is 11.2 Å². The van der Waals surface area contributed by atoms with Gasteiger partial charge in [0.2, 0.25) is 0 Å². The number of alkyl halides is 1. The fourth-order valence-corrected chi connectivity index (χ4v) is 4.67. The summed E-state index contributed by atoms with van der Waals surface area (Å²) >= 11 is 4.58. The molecule has 0 spiro atoms. The second-order valence-electron chi connectivity index (χ2n) is 3.54. The average molecular weight is 311 g/mol. The molecule has 0 atom stereocenters. The fourth-order valence-electron chi connectivity index (χ4n) is 1.40. The zero-order chi connectivity index (χ0) is 11.1. The molecule has 0 aromatic carbocycles. The van der Waals surface area contributed by atoms with Gasteiger partial charge >= 0.3 is 0 Å². The van der Waals surface area contributed by atoms with Gasteiger partial charge in [0, 0.05) is 18.4 Å². The smallest absolute Gasteiger partial charge is 0.249 e. The van der Waals surface area contributed by atoms with Crippen LogP contribution in [-0.4, -0.2) is 36.1 Å². The predicted molar refractivity (Wildman–Crippen MR) is 62.9 cm³/mol. The molecule has 2 heterocycles. The predicted octanol–water partition coefficient (Wildman–Crippen LogP) is 1.47. The van der Waals surface area contributed by atoms with Crippen molar-refractivity contribution in [2.75, 3.05) is 18.4 Å². The Hall–Kier alpha value is 0.0200. The van der Waals surface area contributed by atoms with Crippen molar-refractivity contribution in [3.8, 4) is 0 Å². The van der Waals surface area contributed by atoms with Crippen LogP contribution < -0.4 is 0 Å². The van der Waals surface area contributed by atoms with Crippen LogP contribution >= 0.6 is 27.3 Å². The highest BCUT2D eigenvalue weighted by Gasteiger charge is 2.36. The van der Waals surface area contributed by atoms with Crippen molar-refractivity contribution in [2.24, 2.45) is 5.92 Å². The SMILES string of the molecule is Cc1ncc(S(=O)(=O)N2CC(CBr)C2)s1. The topological polar surface area (TPSA) is 50.3 Å². The van der Waals surface area contributed by atoms with E-state index in [0.717, 1.165) is 10.3 Å². The number of aryl methyl sites for hydroxylation is 1. The summed E-state index contributed by atoms with van der Waals surface area (Å²) in [5.74, 6) is 0.453. The van der Waals surface area contributed by atoms with Crippen molar-refractivity contribution in [2.45, 2.75) is 11.1 Å². The quantitative estimate of drug-likeness (QED) is 0.794. The number of thiazole rings is 1. The molecule has 0 radical (unpaired) electrons. The van der Waals surface area contributed by atoms with Crippen LogP contribution in [0.5, 0.6) is 0 Å². The summed E-state index contributed by atoms with van der Waals surface area (Å²) in [4.78, 5) is 3.97. The molecule has 1 fully saturated rings. The lowest BCUT2D eigenvalue weighted by Gasteiger charge is -2.36. The van der Waals surface area contributed by atoms with Gasteiger partial charge in [0.15, 0.2) is 4.21 Å². The van der Waals surface area contributed by atoms with E-state index in [1.807, 2.05) is 0 Å². The maximum Gasteiger partial charge on any atom is 0.254 e. The Labute approximate surface area is 101 Å². The lowest BCUT2D eigenvalue weighted by Crippen LogP contribution is -2.50. The Morgan fingerprint density at radius 2 is 2.33 bits per heavy atom. The highest BCUT2D eigenvalue weighted by atomic mass is 79.9. The maximum atomic E-state index is 12.0. The van der Waals surface area contributed by atoms with Crippen LogP contribution in [0.4, 0.5) is 0 Å². The number of halogens is 1. The third-order valence-corrected chi connectivity index (χ3v) is 6.43. The molecule has 0 saturated carbocycles. The van der Waals surface area contributed by atoms with Crippen LogP contribution in [0.2, 0.25) is 0 Å². The standard InChI is InChI=1S/C8H11BrN2O2S2/c1-6-10-3-8(14-6)15(12,13)11-4-7(2-9)5-11/h3,7H,2,4-5H2,1H3. The summed E-state index contributed by atoms with van der Waals surface area (Å²) in [6.45, 7) is 3.04. The molecule has 0 N–H and O–H groups in total. The van der Waals surface area contributed by atoms with Crippen LogP contribution in [0, 0.1) is 12.8 Å². The molecule has 7 heteroatoms. The first-order chi connectivity index (χ1) is 7.04. The van der Waals surface area contributed by atoms with E-state index in [1.54, 1.807) is 6.92 Å². The van der Waals surface area contributed by atoms with Crippen molar-refractivity contribution in [1.82, 2.24) is 9.29 Å². The molecule has 4 nitrogen and oxygen atoms in total. The molecule has 84 valence electrons. The van der Waals surface area contributed by atoms with Gasteiger partial charge in [0.25, 0.3) is 10.0 Å². The normalized spacial score (nSPS) is 19.1. The van der Waals surface area contributed by atoms with Crippen LogP contribution in [0.1, 0.15) is 5.01 Å². The fraction of sp³-hybridized carbons (Fsp3) is 0.625. The third kappa shape index (κ3) is 2.11. The lowest BCUT2D eigenvalue weighted by molar-refractivity contribution is 0.224. The van der Waals surface area contributed by atoms with Crippen molar-refractivity contribution in [1.29, 1.82) is 0 Å². The minimum Gasteiger partial charge on any atom is -0.249 e. The summed E-state index contributed by atoms with van der Waals surface area (Å²) in [7, 11) is -3.26.